The molecule has 2 aromatic rings. The molecule has 0 spiro atoms. The summed E-state index contributed by atoms with van der Waals surface area (Å²) < 4.78 is 13.7. The quantitative estimate of drug-likeness (QED) is 0.776. The van der Waals surface area contributed by atoms with E-state index in [1.165, 1.54) is 6.07 Å². The van der Waals surface area contributed by atoms with Gasteiger partial charge in [-0.05, 0) is 37.6 Å². The fourth-order valence-electron chi connectivity index (χ4n) is 1.89. The van der Waals surface area contributed by atoms with Crippen LogP contribution in [-0.4, -0.2) is 0 Å². The number of hydrogen-bond donors (Lipinski definition) is 1. The van der Waals surface area contributed by atoms with Crippen LogP contribution < -0.4 is 5.32 Å². The summed E-state index contributed by atoms with van der Waals surface area (Å²) in [4.78, 5) is 0. The van der Waals surface area contributed by atoms with Gasteiger partial charge in [-0.15, -0.1) is 0 Å². The Morgan fingerprint density at radius 1 is 1.11 bits per heavy atom. The van der Waals surface area contributed by atoms with Gasteiger partial charge in [-0.2, -0.15) is 0 Å². The summed E-state index contributed by atoms with van der Waals surface area (Å²) in [5.74, 6) is -0.239. The minimum absolute atomic E-state index is 0.197. The van der Waals surface area contributed by atoms with Crippen LogP contribution in [0.25, 0.3) is 0 Å². The van der Waals surface area contributed by atoms with Gasteiger partial charge in [-0.1, -0.05) is 41.4 Å². The largest absolute Gasteiger partial charge is 0.377 e. The van der Waals surface area contributed by atoms with Crippen LogP contribution in [0.1, 0.15) is 24.1 Å². The van der Waals surface area contributed by atoms with Gasteiger partial charge in [0.25, 0.3) is 0 Å². The number of aryl methyl sites for hydroxylation is 1. The fraction of sp³-hybridized carbons (Fsp3) is 0.200. The van der Waals surface area contributed by atoms with Crippen LogP contribution >= 0.6 is 23.2 Å². The molecule has 19 heavy (non-hydrogen) atoms. The lowest BCUT2D eigenvalue weighted by Gasteiger charge is -2.18. The zero-order valence-electron chi connectivity index (χ0n) is 10.7. The normalized spacial score (nSPS) is 12.3. The fourth-order valence-corrected chi connectivity index (χ4v) is 2.33. The van der Waals surface area contributed by atoms with Crippen LogP contribution in [0.3, 0.4) is 0 Å². The highest BCUT2D eigenvalue weighted by molar-refractivity contribution is 6.35. The molecule has 0 heterocycles. The molecule has 0 radical (unpaired) electrons. The smallest absolute Gasteiger partial charge is 0.128 e. The number of anilines is 1. The molecule has 1 unspecified atom stereocenters. The lowest BCUT2D eigenvalue weighted by Crippen LogP contribution is -2.09. The van der Waals surface area contributed by atoms with Crippen molar-refractivity contribution in [2.75, 3.05) is 5.32 Å². The molecule has 1 N–H and O–H groups in total. The van der Waals surface area contributed by atoms with Crippen LogP contribution in [0, 0.1) is 12.7 Å². The van der Waals surface area contributed by atoms with E-state index in [1.807, 2.05) is 13.8 Å². The molecule has 2 rings (SSSR count). The van der Waals surface area contributed by atoms with Crippen LogP contribution in [0.5, 0.6) is 0 Å². The Kier molecular flexibility index (Phi) is 4.33. The maximum Gasteiger partial charge on any atom is 0.128 e. The summed E-state index contributed by atoms with van der Waals surface area (Å²) in [6, 6.07) is 10.0. The van der Waals surface area contributed by atoms with Gasteiger partial charge in [0.05, 0.1) is 16.8 Å². The molecular weight excluding hydrogens is 284 g/mol. The van der Waals surface area contributed by atoms with Crippen molar-refractivity contribution < 1.29 is 4.39 Å². The van der Waals surface area contributed by atoms with Gasteiger partial charge in [0.2, 0.25) is 0 Å². The Bertz CT molecular complexity index is 599. The first kappa shape index (κ1) is 14.2. The summed E-state index contributed by atoms with van der Waals surface area (Å²) in [7, 11) is 0. The molecule has 0 saturated carbocycles. The predicted octanol–water partition coefficient (Wildman–Crippen LogP) is 5.61. The van der Waals surface area contributed by atoms with Gasteiger partial charge in [-0.25, -0.2) is 4.39 Å². The number of rotatable bonds is 3. The highest BCUT2D eigenvalue weighted by atomic mass is 35.5. The highest BCUT2D eigenvalue weighted by Gasteiger charge is 2.12. The standard InChI is InChI=1S/C15H14Cl2FN/c1-9-7-13(17)15(8-12(9)16)19-10(2)11-5-3-4-6-14(11)18/h3-8,10,19H,1-2H3. The molecule has 1 atom stereocenters. The molecule has 2 aromatic carbocycles. The first-order chi connectivity index (χ1) is 8.99. The van der Waals surface area contributed by atoms with E-state index in [1.54, 1.807) is 30.3 Å². The van der Waals surface area contributed by atoms with Crippen LogP contribution in [-0.2, 0) is 0 Å². The van der Waals surface area contributed by atoms with Crippen molar-refractivity contribution in [3.63, 3.8) is 0 Å². The van der Waals surface area contributed by atoms with Crippen molar-refractivity contribution in [3.8, 4) is 0 Å². The van der Waals surface area contributed by atoms with E-state index >= 15 is 0 Å². The highest BCUT2D eigenvalue weighted by Crippen LogP contribution is 2.31. The van der Waals surface area contributed by atoms with Gasteiger partial charge < -0.3 is 5.32 Å². The summed E-state index contributed by atoms with van der Waals surface area (Å²) in [5.41, 5.74) is 2.21. The number of halogens is 3. The van der Waals surface area contributed by atoms with Crippen molar-refractivity contribution in [3.05, 3.63) is 63.4 Å². The van der Waals surface area contributed by atoms with E-state index in [4.69, 9.17) is 23.2 Å². The third-order valence-electron chi connectivity index (χ3n) is 2.99. The molecule has 0 aliphatic carbocycles. The molecule has 0 fully saturated rings. The Labute approximate surface area is 122 Å². The third-order valence-corrected chi connectivity index (χ3v) is 3.71. The average Bonchev–Trinajstić information content (AvgIpc) is 2.36. The van der Waals surface area contributed by atoms with E-state index in [0.717, 1.165) is 5.56 Å². The van der Waals surface area contributed by atoms with Crippen LogP contribution in [0.4, 0.5) is 10.1 Å². The molecule has 0 aliphatic rings. The van der Waals surface area contributed by atoms with Gasteiger partial charge in [0, 0.05) is 10.6 Å². The summed E-state index contributed by atoms with van der Waals surface area (Å²) in [5, 5.41) is 4.39. The minimum Gasteiger partial charge on any atom is -0.377 e. The van der Waals surface area contributed by atoms with E-state index in [-0.39, 0.29) is 11.9 Å². The molecule has 0 aliphatic heterocycles. The number of nitrogens with one attached hydrogen (secondary N) is 1. The molecule has 0 saturated heterocycles. The molecule has 0 aromatic heterocycles. The lowest BCUT2D eigenvalue weighted by atomic mass is 10.1. The van der Waals surface area contributed by atoms with Crippen molar-refractivity contribution in [1.82, 2.24) is 0 Å². The second kappa shape index (κ2) is 5.81. The van der Waals surface area contributed by atoms with E-state index < -0.39 is 0 Å². The summed E-state index contributed by atoms with van der Waals surface area (Å²) in [6.45, 7) is 3.76. The topological polar surface area (TPSA) is 12.0 Å². The Hall–Kier alpha value is -1.25. The molecule has 0 bridgehead atoms. The average molecular weight is 298 g/mol. The SMILES string of the molecule is Cc1cc(Cl)c(NC(C)c2ccccc2F)cc1Cl. The van der Waals surface area contributed by atoms with Crippen LogP contribution in [0.2, 0.25) is 10.0 Å². The monoisotopic (exact) mass is 297 g/mol. The maximum absolute atomic E-state index is 13.7. The third kappa shape index (κ3) is 3.20. The second-order valence-electron chi connectivity index (χ2n) is 4.47. The van der Waals surface area contributed by atoms with E-state index in [9.17, 15) is 4.39 Å². The Morgan fingerprint density at radius 3 is 2.47 bits per heavy atom. The first-order valence-corrected chi connectivity index (χ1v) is 6.71. The first-order valence-electron chi connectivity index (χ1n) is 5.95. The van der Waals surface area contributed by atoms with Crippen LogP contribution in [0.15, 0.2) is 36.4 Å². The van der Waals surface area contributed by atoms with Crippen molar-refractivity contribution in [2.45, 2.75) is 19.9 Å². The number of hydrogen-bond acceptors (Lipinski definition) is 1. The number of benzene rings is 2. The molecule has 100 valence electrons. The Morgan fingerprint density at radius 2 is 1.79 bits per heavy atom. The summed E-state index contributed by atoms with van der Waals surface area (Å²) in [6.07, 6.45) is 0. The van der Waals surface area contributed by atoms with E-state index in [2.05, 4.69) is 5.32 Å². The molecule has 1 nitrogen and oxygen atoms in total. The summed E-state index contributed by atoms with van der Waals surface area (Å²) >= 11 is 12.2. The molecular formula is C15H14Cl2FN. The molecule has 0 amide bonds. The van der Waals surface area contributed by atoms with Crippen molar-refractivity contribution in [2.24, 2.45) is 0 Å². The zero-order chi connectivity index (χ0) is 14.0. The lowest BCUT2D eigenvalue weighted by molar-refractivity contribution is 0.600. The minimum atomic E-state index is -0.239. The molecule has 4 heteroatoms. The van der Waals surface area contributed by atoms with Gasteiger partial charge >= 0.3 is 0 Å². The Balaban J connectivity index is 2.27. The predicted molar refractivity (Wildman–Crippen MR) is 79.6 cm³/mol. The zero-order valence-corrected chi connectivity index (χ0v) is 12.2. The maximum atomic E-state index is 13.7. The van der Waals surface area contributed by atoms with Gasteiger partial charge in [0.15, 0.2) is 0 Å². The van der Waals surface area contributed by atoms with Gasteiger partial charge in [0.1, 0.15) is 5.82 Å². The van der Waals surface area contributed by atoms with Gasteiger partial charge in [-0.3, -0.25) is 0 Å². The van der Waals surface area contributed by atoms with Crippen molar-refractivity contribution in [1.29, 1.82) is 0 Å². The second-order valence-corrected chi connectivity index (χ2v) is 5.28. The van der Waals surface area contributed by atoms with E-state index in [0.29, 0.717) is 21.3 Å². The van der Waals surface area contributed by atoms with Crippen molar-refractivity contribution >= 4 is 28.9 Å².